The van der Waals surface area contributed by atoms with Gasteiger partial charge in [0.25, 0.3) is 0 Å². The molecule has 0 radical (unpaired) electrons. The summed E-state index contributed by atoms with van der Waals surface area (Å²) in [6, 6.07) is 16.5. The molecular formula is C24H31BrN4O2. The second-order valence-corrected chi connectivity index (χ2v) is 9.10. The number of piperazine rings is 1. The molecule has 2 aromatic carbocycles. The van der Waals surface area contributed by atoms with Gasteiger partial charge in [-0.2, -0.15) is 0 Å². The molecule has 6 nitrogen and oxygen atoms in total. The molecule has 1 unspecified atom stereocenters. The zero-order chi connectivity index (χ0) is 22.4. The Morgan fingerprint density at radius 2 is 1.74 bits per heavy atom. The van der Waals surface area contributed by atoms with Gasteiger partial charge >= 0.3 is 0 Å². The van der Waals surface area contributed by atoms with Gasteiger partial charge in [0.15, 0.2) is 0 Å². The van der Waals surface area contributed by atoms with Gasteiger partial charge in [0.2, 0.25) is 11.8 Å². The molecular weight excluding hydrogens is 456 g/mol. The van der Waals surface area contributed by atoms with Crippen molar-refractivity contribution in [2.45, 2.75) is 19.9 Å². The lowest BCUT2D eigenvalue weighted by atomic mass is 10.1. The van der Waals surface area contributed by atoms with Crippen LogP contribution in [0.1, 0.15) is 24.1 Å². The number of hydrogen-bond acceptors (Lipinski definition) is 4. The molecule has 1 fully saturated rings. The maximum atomic E-state index is 12.7. The average molecular weight is 487 g/mol. The van der Waals surface area contributed by atoms with Crippen molar-refractivity contribution in [2.75, 3.05) is 51.6 Å². The van der Waals surface area contributed by atoms with E-state index in [9.17, 15) is 9.59 Å². The first-order chi connectivity index (χ1) is 14.8. The lowest BCUT2D eigenvalue weighted by molar-refractivity contribution is -0.134. The number of aryl methyl sites for hydroxylation is 1. The Labute approximate surface area is 193 Å². The highest BCUT2D eigenvalue weighted by molar-refractivity contribution is 9.10. The minimum absolute atomic E-state index is 0.0714. The van der Waals surface area contributed by atoms with Gasteiger partial charge in [0, 0.05) is 42.4 Å². The zero-order valence-electron chi connectivity index (χ0n) is 18.5. The van der Waals surface area contributed by atoms with Crippen molar-refractivity contribution in [3.05, 3.63) is 64.1 Å². The minimum atomic E-state index is -0.123. The Morgan fingerprint density at radius 3 is 2.39 bits per heavy atom. The second-order valence-electron chi connectivity index (χ2n) is 8.18. The molecule has 1 heterocycles. The van der Waals surface area contributed by atoms with Gasteiger partial charge in [0.05, 0.1) is 13.1 Å². The molecule has 1 saturated heterocycles. The first-order valence-corrected chi connectivity index (χ1v) is 11.4. The number of carbonyl (C=O) groups is 2. The van der Waals surface area contributed by atoms with Crippen LogP contribution in [0.15, 0.2) is 53.0 Å². The third kappa shape index (κ3) is 6.63. The first kappa shape index (κ1) is 23.4. The first-order valence-electron chi connectivity index (χ1n) is 10.6. The Morgan fingerprint density at radius 1 is 1.06 bits per heavy atom. The summed E-state index contributed by atoms with van der Waals surface area (Å²) in [4.78, 5) is 31.2. The van der Waals surface area contributed by atoms with E-state index in [1.165, 1.54) is 5.56 Å². The SMILES string of the molecule is Cc1cc(Br)ccc1NC(=O)CN(C)CC(=O)N1CCN(C(C)c2ccccc2)CC1. The number of hydrogen-bond donors (Lipinski definition) is 1. The van der Waals surface area contributed by atoms with Crippen LogP contribution in [0.3, 0.4) is 0 Å². The third-order valence-electron chi connectivity index (χ3n) is 5.78. The van der Waals surface area contributed by atoms with Crippen LogP contribution in [-0.2, 0) is 9.59 Å². The summed E-state index contributed by atoms with van der Waals surface area (Å²) < 4.78 is 0.976. The van der Waals surface area contributed by atoms with Crippen LogP contribution < -0.4 is 5.32 Å². The molecule has 1 N–H and O–H groups in total. The Hall–Kier alpha value is -2.22. The van der Waals surface area contributed by atoms with Crippen LogP contribution in [0.5, 0.6) is 0 Å². The van der Waals surface area contributed by atoms with E-state index in [-0.39, 0.29) is 24.9 Å². The van der Waals surface area contributed by atoms with Crippen molar-refractivity contribution in [2.24, 2.45) is 0 Å². The van der Waals surface area contributed by atoms with Crippen molar-refractivity contribution in [1.82, 2.24) is 14.7 Å². The molecule has 1 aliphatic rings. The van der Waals surface area contributed by atoms with Crippen molar-refractivity contribution >= 4 is 33.4 Å². The monoisotopic (exact) mass is 486 g/mol. The van der Waals surface area contributed by atoms with E-state index < -0.39 is 0 Å². The molecule has 2 aromatic rings. The maximum Gasteiger partial charge on any atom is 0.238 e. The average Bonchev–Trinajstić information content (AvgIpc) is 2.75. The predicted molar refractivity (Wildman–Crippen MR) is 128 cm³/mol. The lowest BCUT2D eigenvalue weighted by Crippen LogP contribution is -2.51. The molecule has 31 heavy (non-hydrogen) atoms. The molecule has 2 amide bonds. The van der Waals surface area contributed by atoms with Crippen LogP contribution >= 0.6 is 15.9 Å². The summed E-state index contributed by atoms with van der Waals surface area (Å²) in [5.41, 5.74) is 3.08. The minimum Gasteiger partial charge on any atom is -0.339 e. The van der Waals surface area contributed by atoms with Crippen LogP contribution in [0.4, 0.5) is 5.69 Å². The molecule has 1 aliphatic heterocycles. The number of rotatable bonds is 7. The fraction of sp³-hybridized carbons (Fsp3) is 0.417. The Bertz CT molecular complexity index is 898. The summed E-state index contributed by atoms with van der Waals surface area (Å²) >= 11 is 3.42. The molecule has 0 bridgehead atoms. The van der Waals surface area contributed by atoms with Crippen LogP contribution in [0.2, 0.25) is 0 Å². The van der Waals surface area contributed by atoms with E-state index in [0.717, 1.165) is 28.8 Å². The van der Waals surface area contributed by atoms with E-state index in [0.29, 0.717) is 19.1 Å². The zero-order valence-corrected chi connectivity index (χ0v) is 20.1. The highest BCUT2D eigenvalue weighted by Gasteiger charge is 2.25. The lowest BCUT2D eigenvalue weighted by Gasteiger charge is -2.38. The van der Waals surface area contributed by atoms with E-state index in [1.807, 2.05) is 36.1 Å². The Kier molecular flexibility index (Phi) is 8.23. The van der Waals surface area contributed by atoms with Gasteiger partial charge in [-0.15, -0.1) is 0 Å². The summed E-state index contributed by atoms with van der Waals surface area (Å²) in [5, 5.41) is 2.92. The molecule has 1 atom stereocenters. The number of nitrogens with one attached hydrogen (secondary N) is 1. The number of benzene rings is 2. The van der Waals surface area contributed by atoms with Gasteiger partial charge in [-0.1, -0.05) is 46.3 Å². The van der Waals surface area contributed by atoms with Crippen molar-refractivity contribution < 1.29 is 9.59 Å². The van der Waals surface area contributed by atoms with Crippen molar-refractivity contribution in [3.8, 4) is 0 Å². The second kappa shape index (κ2) is 10.9. The van der Waals surface area contributed by atoms with Gasteiger partial charge in [-0.3, -0.25) is 19.4 Å². The number of carbonyl (C=O) groups excluding carboxylic acids is 2. The number of anilines is 1. The summed E-state index contributed by atoms with van der Waals surface area (Å²) in [6.45, 7) is 7.72. The smallest absolute Gasteiger partial charge is 0.238 e. The number of nitrogens with zero attached hydrogens (tertiary/aromatic N) is 3. The summed E-state index contributed by atoms with van der Waals surface area (Å²) in [7, 11) is 1.81. The molecule has 0 aromatic heterocycles. The largest absolute Gasteiger partial charge is 0.339 e. The molecule has 7 heteroatoms. The van der Waals surface area contributed by atoms with Gasteiger partial charge in [-0.25, -0.2) is 0 Å². The van der Waals surface area contributed by atoms with Crippen LogP contribution in [-0.4, -0.2) is 72.8 Å². The van der Waals surface area contributed by atoms with Crippen LogP contribution in [0, 0.1) is 6.92 Å². The standard InChI is InChI=1S/C24H31BrN4O2/c1-18-15-21(25)9-10-22(18)26-23(30)16-27(3)17-24(31)29-13-11-28(12-14-29)19(2)20-7-5-4-6-8-20/h4-10,15,19H,11-14,16-17H2,1-3H3,(H,26,30). The third-order valence-corrected chi connectivity index (χ3v) is 6.27. The molecule has 166 valence electrons. The van der Waals surface area contributed by atoms with E-state index >= 15 is 0 Å². The van der Waals surface area contributed by atoms with E-state index in [1.54, 1.807) is 11.9 Å². The predicted octanol–water partition coefficient (Wildman–Crippen LogP) is 3.53. The number of halogens is 1. The van der Waals surface area contributed by atoms with Crippen molar-refractivity contribution in [3.63, 3.8) is 0 Å². The fourth-order valence-corrected chi connectivity index (χ4v) is 4.37. The highest BCUT2D eigenvalue weighted by atomic mass is 79.9. The van der Waals surface area contributed by atoms with Crippen LogP contribution in [0.25, 0.3) is 0 Å². The van der Waals surface area contributed by atoms with E-state index in [2.05, 4.69) is 57.3 Å². The highest BCUT2D eigenvalue weighted by Crippen LogP contribution is 2.22. The quantitative estimate of drug-likeness (QED) is 0.650. The Balaban J connectivity index is 1.43. The molecule has 0 saturated carbocycles. The maximum absolute atomic E-state index is 12.7. The molecule has 0 aliphatic carbocycles. The molecule has 0 spiro atoms. The van der Waals surface area contributed by atoms with E-state index in [4.69, 9.17) is 0 Å². The van der Waals surface area contributed by atoms with Crippen molar-refractivity contribution in [1.29, 1.82) is 0 Å². The van der Waals surface area contributed by atoms with Gasteiger partial charge in [-0.05, 0) is 50.2 Å². The normalized spacial score (nSPS) is 15.7. The summed E-state index contributed by atoms with van der Waals surface area (Å²) in [6.07, 6.45) is 0. The topological polar surface area (TPSA) is 55.9 Å². The number of amides is 2. The number of likely N-dealkylation sites (N-methyl/N-ethyl adjacent to an activating group) is 1. The molecule has 3 rings (SSSR count). The fourth-order valence-electron chi connectivity index (χ4n) is 3.89. The van der Waals surface area contributed by atoms with Gasteiger partial charge in [0.1, 0.15) is 0 Å². The summed E-state index contributed by atoms with van der Waals surface area (Å²) in [5.74, 6) is -0.0515. The van der Waals surface area contributed by atoms with Gasteiger partial charge < -0.3 is 10.2 Å².